The second-order valence-corrected chi connectivity index (χ2v) is 7.76. The lowest BCUT2D eigenvalue weighted by Crippen LogP contribution is -2.48. The van der Waals surface area contributed by atoms with Crippen LogP contribution >= 0.6 is 0 Å². The topological polar surface area (TPSA) is 61.8 Å². The van der Waals surface area contributed by atoms with Crippen LogP contribution in [-0.4, -0.2) is 53.0 Å². The Bertz CT molecular complexity index is 355. The highest BCUT2D eigenvalue weighted by Crippen LogP contribution is 2.23. The van der Waals surface area contributed by atoms with Crippen LogP contribution in [0.5, 0.6) is 0 Å². The fourth-order valence-electron chi connectivity index (χ4n) is 3.00. The fourth-order valence-corrected chi connectivity index (χ4v) is 3.00. The molecule has 1 rings (SSSR count). The molecule has 23 heavy (non-hydrogen) atoms. The summed E-state index contributed by atoms with van der Waals surface area (Å²) in [4.78, 5) is 14.3. The van der Waals surface area contributed by atoms with E-state index in [4.69, 9.17) is 4.74 Å². The molecule has 1 aliphatic heterocycles. The standard InChI is InChI=1S/C18H36N2O3/c1-6-16(21)10-11-19-14(2)13-15-9-7-8-12-20(15)17(22)23-18(3,4)5/h14-16,19,21H,6-13H2,1-5H3. The average molecular weight is 328 g/mol. The van der Waals surface area contributed by atoms with E-state index in [-0.39, 0.29) is 18.2 Å². The Hall–Kier alpha value is -0.810. The van der Waals surface area contributed by atoms with Crippen LogP contribution in [0.3, 0.4) is 0 Å². The van der Waals surface area contributed by atoms with E-state index in [0.717, 1.165) is 45.2 Å². The first-order valence-electron chi connectivity index (χ1n) is 9.14. The van der Waals surface area contributed by atoms with Gasteiger partial charge in [-0.05, 0) is 72.8 Å². The second-order valence-electron chi connectivity index (χ2n) is 7.76. The number of nitrogens with zero attached hydrogens (tertiary/aromatic N) is 1. The Labute approximate surface area is 141 Å². The number of nitrogens with one attached hydrogen (secondary N) is 1. The van der Waals surface area contributed by atoms with Gasteiger partial charge in [0.1, 0.15) is 5.60 Å². The molecular formula is C18H36N2O3. The van der Waals surface area contributed by atoms with Crippen molar-refractivity contribution >= 4 is 6.09 Å². The minimum Gasteiger partial charge on any atom is -0.444 e. The molecule has 5 nitrogen and oxygen atoms in total. The molecule has 136 valence electrons. The molecule has 0 aromatic rings. The van der Waals surface area contributed by atoms with Gasteiger partial charge in [0.2, 0.25) is 0 Å². The second kappa shape index (κ2) is 9.48. The van der Waals surface area contributed by atoms with E-state index in [0.29, 0.717) is 6.04 Å². The minimum atomic E-state index is -0.445. The molecule has 1 fully saturated rings. The van der Waals surface area contributed by atoms with E-state index in [1.807, 2.05) is 32.6 Å². The molecule has 0 radical (unpaired) electrons. The number of carbonyl (C=O) groups is 1. The molecule has 0 aromatic carbocycles. The number of aliphatic hydroxyl groups is 1. The summed E-state index contributed by atoms with van der Waals surface area (Å²) in [7, 11) is 0. The first kappa shape index (κ1) is 20.2. The van der Waals surface area contributed by atoms with Gasteiger partial charge in [-0.25, -0.2) is 4.79 Å². The van der Waals surface area contributed by atoms with Gasteiger partial charge in [0.15, 0.2) is 0 Å². The number of hydrogen-bond acceptors (Lipinski definition) is 4. The average Bonchev–Trinajstić information content (AvgIpc) is 2.45. The van der Waals surface area contributed by atoms with Crippen molar-refractivity contribution in [1.29, 1.82) is 0 Å². The van der Waals surface area contributed by atoms with Crippen LogP contribution < -0.4 is 5.32 Å². The van der Waals surface area contributed by atoms with Gasteiger partial charge in [-0.15, -0.1) is 0 Å². The monoisotopic (exact) mass is 328 g/mol. The summed E-state index contributed by atoms with van der Waals surface area (Å²) in [5, 5.41) is 13.1. The molecule has 1 aliphatic rings. The zero-order valence-electron chi connectivity index (χ0n) is 15.6. The number of piperidine rings is 1. The number of aliphatic hydroxyl groups excluding tert-OH is 1. The molecule has 1 amide bonds. The maximum absolute atomic E-state index is 12.4. The number of likely N-dealkylation sites (tertiary alicyclic amines) is 1. The predicted molar refractivity (Wildman–Crippen MR) is 93.6 cm³/mol. The maximum atomic E-state index is 12.4. The van der Waals surface area contributed by atoms with Crippen LogP contribution in [0.4, 0.5) is 4.79 Å². The van der Waals surface area contributed by atoms with Gasteiger partial charge in [-0.3, -0.25) is 0 Å². The van der Waals surface area contributed by atoms with Gasteiger partial charge < -0.3 is 20.1 Å². The molecule has 1 saturated heterocycles. The maximum Gasteiger partial charge on any atom is 0.410 e. The molecule has 5 heteroatoms. The highest BCUT2D eigenvalue weighted by molar-refractivity contribution is 5.68. The molecule has 0 aliphatic carbocycles. The predicted octanol–water partition coefficient (Wildman–Crippen LogP) is 3.31. The molecule has 3 atom stereocenters. The lowest BCUT2D eigenvalue weighted by atomic mass is 9.96. The molecule has 0 spiro atoms. The minimum absolute atomic E-state index is 0.184. The van der Waals surface area contributed by atoms with Crippen molar-refractivity contribution in [2.75, 3.05) is 13.1 Å². The van der Waals surface area contributed by atoms with Gasteiger partial charge in [-0.1, -0.05) is 6.92 Å². The lowest BCUT2D eigenvalue weighted by Gasteiger charge is -2.38. The zero-order chi connectivity index (χ0) is 17.5. The SMILES string of the molecule is CCC(O)CCNC(C)CC1CCCCN1C(=O)OC(C)(C)C. The van der Waals surface area contributed by atoms with Crippen molar-refractivity contribution in [2.45, 2.75) is 96.9 Å². The smallest absolute Gasteiger partial charge is 0.410 e. The highest BCUT2D eigenvalue weighted by Gasteiger charge is 2.31. The summed E-state index contributed by atoms with van der Waals surface area (Å²) in [6.45, 7) is 11.5. The molecule has 2 N–H and O–H groups in total. The Balaban J connectivity index is 2.46. The summed E-state index contributed by atoms with van der Waals surface area (Å²) in [5.41, 5.74) is -0.445. The van der Waals surface area contributed by atoms with Crippen molar-refractivity contribution in [1.82, 2.24) is 10.2 Å². The molecular weight excluding hydrogens is 292 g/mol. The Kier molecular flexibility index (Phi) is 8.34. The Morgan fingerprint density at radius 3 is 2.70 bits per heavy atom. The molecule has 0 aromatic heterocycles. The molecule has 1 heterocycles. The number of hydrogen-bond donors (Lipinski definition) is 2. The third kappa shape index (κ3) is 8.02. The summed E-state index contributed by atoms with van der Waals surface area (Å²) >= 11 is 0. The molecule has 0 saturated carbocycles. The number of carbonyl (C=O) groups excluding carboxylic acids is 1. The summed E-state index contributed by atoms with van der Waals surface area (Å²) in [5.74, 6) is 0. The van der Waals surface area contributed by atoms with Crippen LogP contribution in [0.15, 0.2) is 0 Å². The van der Waals surface area contributed by atoms with Crippen LogP contribution in [-0.2, 0) is 4.74 Å². The van der Waals surface area contributed by atoms with E-state index in [2.05, 4.69) is 12.2 Å². The van der Waals surface area contributed by atoms with Crippen molar-refractivity contribution in [2.24, 2.45) is 0 Å². The third-order valence-electron chi connectivity index (χ3n) is 4.32. The zero-order valence-corrected chi connectivity index (χ0v) is 15.6. The van der Waals surface area contributed by atoms with Crippen molar-refractivity contribution in [3.05, 3.63) is 0 Å². The van der Waals surface area contributed by atoms with Crippen LogP contribution in [0.2, 0.25) is 0 Å². The number of amides is 1. The summed E-state index contributed by atoms with van der Waals surface area (Å²) < 4.78 is 5.55. The quantitative estimate of drug-likeness (QED) is 0.753. The van der Waals surface area contributed by atoms with E-state index in [1.165, 1.54) is 6.42 Å². The largest absolute Gasteiger partial charge is 0.444 e. The summed E-state index contributed by atoms with van der Waals surface area (Å²) in [6, 6.07) is 0.573. The lowest BCUT2D eigenvalue weighted by molar-refractivity contribution is 0.00789. The third-order valence-corrected chi connectivity index (χ3v) is 4.32. The van der Waals surface area contributed by atoms with Gasteiger partial charge in [0.05, 0.1) is 6.10 Å². The van der Waals surface area contributed by atoms with Gasteiger partial charge in [0, 0.05) is 18.6 Å². The van der Waals surface area contributed by atoms with Crippen molar-refractivity contribution < 1.29 is 14.6 Å². The van der Waals surface area contributed by atoms with Gasteiger partial charge in [0.25, 0.3) is 0 Å². The van der Waals surface area contributed by atoms with E-state index < -0.39 is 5.60 Å². The number of rotatable bonds is 7. The van der Waals surface area contributed by atoms with Crippen LogP contribution in [0.25, 0.3) is 0 Å². The Morgan fingerprint density at radius 1 is 1.39 bits per heavy atom. The van der Waals surface area contributed by atoms with Gasteiger partial charge in [-0.2, -0.15) is 0 Å². The van der Waals surface area contributed by atoms with Gasteiger partial charge >= 0.3 is 6.09 Å². The first-order chi connectivity index (χ1) is 10.7. The van der Waals surface area contributed by atoms with Crippen molar-refractivity contribution in [3.8, 4) is 0 Å². The Morgan fingerprint density at radius 2 is 2.09 bits per heavy atom. The van der Waals surface area contributed by atoms with E-state index >= 15 is 0 Å². The molecule has 0 bridgehead atoms. The van der Waals surface area contributed by atoms with E-state index in [1.54, 1.807) is 0 Å². The van der Waals surface area contributed by atoms with Crippen molar-refractivity contribution in [3.63, 3.8) is 0 Å². The highest BCUT2D eigenvalue weighted by atomic mass is 16.6. The normalized spacial score (nSPS) is 21.8. The number of ether oxygens (including phenoxy) is 1. The van der Waals surface area contributed by atoms with Crippen LogP contribution in [0.1, 0.15) is 73.1 Å². The first-order valence-corrected chi connectivity index (χ1v) is 9.14. The summed E-state index contributed by atoms with van der Waals surface area (Å²) in [6.07, 6.45) is 5.38. The molecule has 3 unspecified atom stereocenters. The fraction of sp³-hybridized carbons (Fsp3) is 0.944. The van der Waals surface area contributed by atoms with Crippen LogP contribution in [0, 0.1) is 0 Å². The van der Waals surface area contributed by atoms with E-state index in [9.17, 15) is 9.90 Å².